The summed E-state index contributed by atoms with van der Waals surface area (Å²) < 4.78 is 0. The molecule has 0 spiro atoms. The standard InChI is InChI=1S/C11H21N7O/c1-11(2,3)9-16-7(6-8(17-9)18-13)14-4-5-15-10(12)19/h6H,4-5,13H2,1-3H3,(H3,12,15,19)(H2,14,16,17,18). The van der Waals surface area contributed by atoms with E-state index in [4.69, 9.17) is 11.6 Å². The number of aromatic nitrogens is 2. The molecule has 0 aliphatic carbocycles. The van der Waals surface area contributed by atoms with Gasteiger partial charge < -0.3 is 21.8 Å². The maximum absolute atomic E-state index is 10.5. The van der Waals surface area contributed by atoms with Gasteiger partial charge in [0.25, 0.3) is 0 Å². The predicted molar refractivity (Wildman–Crippen MR) is 74.6 cm³/mol. The molecule has 0 atom stereocenters. The third kappa shape index (κ3) is 4.96. The number of nitrogens with one attached hydrogen (secondary N) is 3. The SMILES string of the molecule is CC(C)(C)c1nc(NN)cc(NCCNC(N)=O)n1. The number of anilines is 2. The molecule has 1 aromatic heterocycles. The molecule has 0 aliphatic rings. The molecule has 0 aromatic carbocycles. The number of carbonyl (C=O) groups is 1. The van der Waals surface area contributed by atoms with Crippen molar-refractivity contribution in [3.8, 4) is 0 Å². The van der Waals surface area contributed by atoms with Crippen LogP contribution in [0, 0.1) is 0 Å². The summed E-state index contributed by atoms with van der Waals surface area (Å²) in [6, 6.07) is 1.14. The first kappa shape index (κ1) is 15.0. The number of nitrogens with two attached hydrogens (primary N) is 2. The molecule has 8 heteroatoms. The van der Waals surface area contributed by atoms with Gasteiger partial charge in [0.2, 0.25) is 0 Å². The van der Waals surface area contributed by atoms with Crippen LogP contribution in [0.25, 0.3) is 0 Å². The fourth-order valence-electron chi connectivity index (χ4n) is 1.32. The van der Waals surface area contributed by atoms with E-state index in [0.29, 0.717) is 30.5 Å². The number of primary amides is 1. The zero-order valence-electron chi connectivity index (χ0n) is 11.4. The second-order valence-corrected chi connectivity index (χ2v) is 5.07. The summed E-state index contributed by atoms with van der Waals surface area (Å²) in [5, 5.41) is 5.55. The van der Waals surface area contributed by atoms with Crippen molar-refractivity contribution in [2.24, 2.45) is 11.6 Å². The van der Waals surface area contributed by atoms with Crippen LogP contribution < -0.4 is 27.6 Å². The van der Waals surface area contributed by atoms with Crippen LogP contribution in [0.3, 0.4) is 0 Å². The Hall–Kier alpha value is -2.09. The quantitative estimate of drug-likeness (QED) is 0.293. The maximum Gasteiger partial charge on any atom is 0.312 e. The van der Waals surface area contributed by atoms with Crippen molar-refractivity contribution >= 4 is 17.7 Å². The van der Waals surface area contributed by atoms with Crippen LogP contribution in [-0.2, 0) is 5.41 Å². The Morgan fingerprint density at radius 2 is 1.89 bits per heavy atom. The summed E-state index contributed by atoms with van der Waals surface area (Å²) >= 11 is 0. The Labute approximate surface area is 112 Å². The first-order chi connectivity index (χ1) is 8.82. The largest absolute Gasteiger partial charge is 0.368 e. The Balaban J connectivity index is 2.74. The van der Waals surface area contributed by atoms with Crippen molar-refractivity contribution in [1.29, 1.82) is 0 Å². The van der Waals surface area contributed by atoms with Crippen LogP contribution in [-0.4, -0.2) is 29.1 Å². The molecule has 0 bridgehead atoms. The molecule has 7 N–H and O–H groups in total. The number of nitrogen functional groups attached to an aromatic ring is 1. The maximum atomic E-state index is 10.5. The number of amides is 2. The summed E-state index contributed by atoms with van der Waals surface area (Å²) in [7, 11) is 0. The van der Waals surface area contributed by atoms with Crippen LogP contribution in [0.2, 0.25) is 0 Å². The molecule has 2 amide bonds. The van der Waals surface area contributed by atoms with Gasteiger partial charge in [0.15, 0.2) is 0 Å². The second-order valence-electron chi connectivity index (χ2n) is 5.07. The minimum Gasteiger partial charge on any atom is -0.368 e. The van der Waals surface area contributed by atoms with Gasteiger partial charge in [-0.05, 0) is 0 Å². The van der Waals surface area contributed by atoms with E-state index in [1.165, 1.54) is 0 Å². The number of hydrogen-bond donors (Lipinski definition) is 5. The summed E-state index contributed by atoms with van der Waals surface area (Å²) in [6.07, 6.45) is 0. The average molecular weight is 267 g/mol. The number of hydrazine groups is 1. The monoisotopic (exact) mass is 267 g/mol. The Bertz CT molecular complexity index is 441. The molecule has 1 aromatic rings. The molecule has 0 unspecified atom stereocenters. The van der Waals surface area contributed by atoms with Crippen LogP contribution in [0.15, 0.2) is 6.07 Å². The Morgan fingerprint density at radius 1 is 1.26 bits per heavy atom. The molecule has 0 aliphatic heterocycles. The zero-order chi connectivity index (χ0) is 14.5. The lowest BCUT2D eigenvalue weighted by Crippen LogP contribution is -2.33. The molecule has 8 nitrogen and oxygen atoms in total. The highest BCUT2D eigenvalue weighted by atomic mass is 16.2. The molecule has 0 saturated carbocycles. The lowest BCUT2D eigenvalue weighted by molar-refractivity contribution is 0.249. The molecule has 0 saturated heterocycles. The molecule has 1 heterocycles. The predicted octanol–water partition coefficient (Wildman–Crippen LogP) is 0.140. The van der Waals surface area contributed by atoms with Gasteiger partial charge >= 0.3 is 6.03 Å². The highest BCUT2D eigenvalue weighted by Crippen LogP contribution is 2.21. The highest BCUT2D eigenvalue weighted by molar-refractivity contribution is 5.71. The summed E-state index contributed by atoms with van der Waals surface area (Å²) in [5.41, 5.74) is 7.29. The lowest BCUT2D eigenvalue weighted by Gasteiger charge is -2.18. The number of hydrogen-bond acceptors (Lipinski definition) is 6. The van der Waals surface area contributed by atoms with Gasteiger partial charge in [-0.3, -0.25) is 0 Å². The van der Waals surface area contributed by atoms with Gasteiger partial charge in [-0.1, -0.05) is 20.8 Å². The third-order valence-corrected chi connectivity index (χ3v) is 2.28. The molecule has 0 fully saturated rings. The molecule has 106 valence electrons. The van der Waals surface area contributed by atoms with Crippen LogP contribution in [0.1, 0.15) is 26.6 Å². The van der Waals surface area contributed by atoms with E-state index < -0.39 is 6.03 Å². The number of nitrogens with zero attached hydrogens (tertiary/aromatic N) is 2. The summed E-state index contributed by atoms with van der Waals surface area (Å²) in [6.45, 7) is 6.96. The fraction of sp³-hybridized carbons (Fsp3) is 0.545. The van der Waals surface area contributed by atoms with Crippen molar-refractivity contribution in [3.05, 3.63) is 11.9 Å². The number of carbonyl (C=O) groups excluding carboxylic acids is 1. The minimum atomic E-state index is -0.552. The molecule has 0 radical (unpaired) electrons. The van der Waals surface area contributed by atoms with E-state index in [1.54, 1.807) is 6.07 Å². The van der Waals surface area contributed by atoms with E-state index in [9.17, 15) is 4.79 Å². The van der Waals surface area contributed by atoms with Crippen molar-refractivity contribution < 1.29 is 4.79 Å². The van der Waals surface area contributed by atoms with Gasteiger partial charge in [-0.15, -0.1) is 0 Å². The van der Waals surface area contributed by atoms with Gasteiger partial charge in [-0.2, -0.15) is 0 Å². The molecule has 1 rings (SSSR count). The minimum absolute atomic E-state index is 0.186. The van der Waals surface area contributed by atoms with E-state index in [0.717, 1.165) is 0 Å². The summed E-state index contributed by atoms with van der Waals surface area (Å²) in [4.78, 5) is 19.2. The smallest absolute Gasteiger partial charge is 0.312 e. The van der Waals surface area contributed by atoms with E-state index in [2.05, 4.69) is 26.0 Å². The van der Waals surface area contributed by atoms with Crippen molar-refractivity contribution in [1.82, 2.24) is 15.3 Å². The summed E-state index contributed by atoms with van der Waals surface area (Å²) in [5.74, 6) is 7.23. The van der Waals surface area contributed by atoms with Crippen molar-refractivity contribution in [2.45, 2.75) is 26.2 Å². The first-order valence-corrected chi connectivity index (χ1v) is 5.96. The first-order valence-electron chi connectivity index (χ1n) is 5.96. The Morgan fingerprint density at radius 3 is 2.42 bits per heavy atom. The van der Waals surface area contributed by atoms with E-state index in [-0.39, 0.29) is 5.41 Å². The van der Waals surface area contributed by atoms with Crippen molar-refractivity contribution in [2.75, 3.05) is 23.8 Å². The topological polar surface area (TPSA) is 131 Å². The normalized spacial score (nSPS) is 10.9. The van der Waals surface area contributed by atoms with Crippen LogP contribution >= 0.6 is 0 Å². The van der Waals surface area contributed by atoms with Gasteiger partial charge in [0, 0.05) is 24.6 Å². The van der Waals surface area contributed by atoms with Gasteiger partial charge in [-0.25, -0.2) is 20.6 Å². The zero-order valence-corrected chi connectivity index (χ0v) is 11.4. The van der Waals surface area contributed by atoms with Crippen molar-refractivity contribution in [3.63, 3.8) is 0 Å². The molecular weight excluding hydrogens is 246 g/mol. The van der Waals surface area contributed by atoms with Crippen LogP contribution in [0.5, 0.6) is 0 Å². The highest BCUT2D eigenvalue weighted by Gasteiger charge is 2.18. The average Bonchev–Trinajstić information content (AvgIpc) is 2.33. The fourth-order valence-corrected chi connectivity index (χ4v) is 1.32. The molecular formula is C11H21N7O. The number of rotatable bonds is 5. The van der Waals surface area contributed by atoms with E-state index in [1.807, 2.05) is 20.8 Å². The lowest BCUT2D eigenvalue weighted by atomic mass is 9.96. The van der Waals surface area contributed by atoms with Gasteiger partial charge in [0.1, 0.15) is 17.5 Å². The Kier molecular flexibility index (Phi) is 4.87. The number of urea groups is 1. The van der Waals surface area contributed by atoms with E-state index >= 15 is 0 Å². The van der Waals surface area contributed by atoms with Gasteiger partial charge in [0.05, 0.1) is 0 Å². The third-order valence-electron chi connectivity index (χ3n) is 2.28. The second kappa shape index (κ2) is 6.19. The van der Waals surface area contributed by atoms with Crippen LogP contribution in [0.4, 0.5) is 16.4 Å². The molecule has 19 heavy (non-hydrogen) atoms.